The Bertz CT molecular complexity index is 499. The minimum Gasteiger partial charge on any atom is -0.379 e. The fraction of sp³-hybridized carbons (Fsp3) is 0.0833. The van der Waals surface area contributed by atoms with E-state index < -0.39 is 0 Å². The molecule has 3 N–H and O–H groups in total. The van der Waals surface area contributed by atoms with Gasteiger partial charge in [-0.25, -0.2) is 0 Å². The third-order valence-electron chi connectivity index (χ3n) is 2.21. The molecule has 0 amide bonds. The molecule has 0 aliphatic carbocycles. The second kappa shape index (κ2) is 5.92. The Morgan fingerprint density at radius 1 is 1.12 bits per heavy atom. The molecule has 0 unspecified atom stereocenters. The molecule has 16 heavy (non-hydrogen) atoms. The SMILES string of the molecule is Br.N=C(N)SCc1ccc2ccccc2c1. The monoisotopic (exact) mass is 296 g/mol. The average molecular weight is 297 g/mol. The maximum atomic E-state index is 7.15. The summed E-state index contributed by atoms with van der Waals surface area (Å²) >= 11 is 1.35. The lowest BCUT2D eigenvalue weighted by Crippen LogP contribution is -2.03. The molecule has 0 aliphatic heterocycles. The summed E-state index contributed by atoms with van der Waals surface area (Å²) in [6, 6.07) is 14.6. The molecule has 0 fully saturated rings. The number of hydrogen-bond acceptors (Lipinski definition) is 2. The zero-order valence-electron chi connectivity index (χ0n) is 8.64. The number of hydrogen-bond donors (Lipinski definition) is 2. The summed E-state index contributed by atoms with van der Waals surface area (Å²) in [7, 11) is 0. The van der Waals surface area contributed by atoms with Crippen LogP contribution in [0.2, 0.25) is 0 Å². The van der Waals surface area contributed by atoms with Gasteiger partial charge in [-0.3, -0.25) is 5.41 Å². The number of nitrogens with two attached hydrogens (primary N) is 1. The normalized spacial score (nSPS) is 9.75. The van der Waals surface area contributed by atoms with Crippen LogP contribution in [-0.2, 0) is 5.75 Å². The molecule has 2 aromatic carbocycles. The summed E-state index contributed by atoms with van der Waals surface area (Å²) < 4.78 is 0. The van der Waals surface area contributed by atoms with E-state index in [-0.39, 0.29) is 22.1 Å². The van der Waals surface area contributed by atoms with Gasteiger partial charge in [0.05, 0.1) is 0 Å². The smallest absolute Gasteiger partial charge is 0.151 e. The van der Waals surface area contributed by atoms with Crippen LogP contribution in [0.4, 0.5) is 0 Å². The highest BCUT2D eigenvalue weighted by molar-refractivity contribution is 8.93. The second-order valence-electron chi connectivity index (χ2n) is 3.33. The summed E-state index contributed by atoms with van der Waals surface area (Å²) in [4.78, 5) is 0. The Kier molecular flexibility index (Phi) is 4.83. The van der Waals surface area contributed by atoms with Crippen molar-refractivity contribution in [3.8, 4) is 0 Å². The first-order chi connectivity index (χ1) is 7.25. The lowest BCUT2D eigenvalue weighted by Gasteiger charge is -2.02. The maximum Gasteiger partial charge on any atom is 0.151 e. The molecule has 0 aromatic heterocycles. The van der Waals surface area contributed by atoms with E-state index in [1.54, 1.807) is 0 Å². The number of thioether (sulfide) groups is 1. The van der Waals surface area contributed by atoms with Crippen LogP contribution in [-0.4, -0.2) is 5.17 Å². The van der Waals surface area contributed by atoms with Gasteiger partial charge in [0.15, 0.2) is 5.17 Å². The molecule has 2 aromatic rings. The molecule has 0 bridgehead atoms. The lowest BCUT2D eigenvalue weighted by molar-refractivity contribution is 1.44. The van der Waals surface area contributed by atoms with Crippen LogP contribution in [0.25, 0.3) is 10.8 Å². The van der Waals surface area contributed by atoms with Gasteiger partial charge in [-0.1, -0.05) is 54.2 Å². The van der Waals surface area contributed by atoms with Crippen LogP contribution in [0, 0.1) is 5.41 Å². The van der Waals surface area contributed by atoms with Crippen molar-refractivity contribution in [2.45, 2.75) is 5.75 Å². The van der Waals surface area contributed by atoms with Crippen molar-refractivity contribution in [2.24, 2.45) is 5.73 Å². The van der Waals surface area contributed by atoms with Gasteiger partial charge in [0.1, 0.15) is 0 Å². The molecular weight excluding hydrogens is 284 g/mol. The lowest BCUT2D eigenvalue weighted by atomic mass is 10.1. The largest absolute Gasteiger partial charge is 0.379 e. The summed E-state index contributed by atoms with van der Waals surface area (Å²) in [6.07, 6.45) is 0. The van der Waals surface area contributed by atoms with Gasteiger partial charge in [0, 0.05) is 5.75 Å². The van der Waals surface area contributed by atoms with Crippen molar-refractivity contribution < 1.29 is 0 Å². The van der Waals surface area contributed by atoms with Gasteiger partial charge < -0.3 is 5.73 Å². The van der Waals surface area contributed by atoms with Crippen molar-refractivity contribution >= 4 is 44.7 Å². The first kappa shape index (κ1) is 13.1. The highest BCUT2D eigenvalue weighted by atomic mass is 79.9. The number of amidine groups is 1. The van der Waals surface area contributed by atoms with E-state index in [1.165, 1.54) is 28.1 Å². The maximum absolute atomic E-state index is 7.15. The molecule has 0 saturated heterocycles. The summed E-state index contributed by atoms with van der Waals surface area (Å²) in [5, 5.41) is 9.80. The molecule has 0 atom stereocenters. The van der Waals surface area contributed by atoms with E-state index in [1.807, 2.05) is 12.1 Å². The summed E-state index contributed by atoms with van der Waals surface area (Å²) in [6.45, 7) is 0. The van der Waals surface area contributed by atoms with Gasteiger partial charge in [0.2, 0.25) is 0 Å². The number of halogens is 1. The van der Waals surface area contributed by atoms with Crippen LogP contribution >= 0.6 is 28.7 Å². The number of nitrogens with one attached hydrogen (secondary N) is 1. The van der Waals surface area contributed by atoms with E-state index >= 15 is 0 Å². The number of fused-ring (bicyclic) bond motifs is 1. The molecular formula is C12H13BrN2S. The van der Waals surface area contributed by atoms with E-state index in [0.717, 1.165) is 5.75 Å². The first-order valence-electron chi connectivity index (χ1n) is 4.70. The predicted molar refractivity (Wildman–Crippen MR) is 77.5 cm³/mol. The molecule has 84 valence electrons. The van der Waals surface area contributed by atoms with Crippen molar-refractivity contribution in [3.05, 3.63) is 48.0 Å². The third-order valence-corrected chi connectivity index (χ3v) is 3.00. The Morgan fingerprint density at radius 3 is 2.50 bits per heavy atom. The zero-order chi connectivity index (χ0) is 10.7. The van der Waals surface area contributed by atoms with Crippen molar-refractivity contribution in [3.63, 3.8) is 0 Å². The molecule has 0 aliphatic rings. The fourth-order valence-electron chi connectivity index (χ4n) is 1.49. The fourth-order valence-corrected chi connectivity index (χ4v) is 1.99. The van der Waals surface area contributed by atoms with Crippen molar-refractivity contribution in [1.29, 1.82) is 5.41 Å². The molecule has 0 saturated carbocycles. The van der Waals surface area contributed by atoms with Gasteiger partial charge >= 0.3 is 0 Å². The number of benzene rings is 2. The number of rotatable bonds is 2. The van der Waals surface area contributed by atoms with Crippen LogP contribution in [0.3, 0.4) is 0 Å². The molecule has 0 heterocycles. The van der Waals surface area contributed by atoms with Crippen LogP contribution in [0.1, 0.15) is 5.56 Å². The van der Waals surface area contributed by atoms with Crippen LogP contribution in [0.15, 0.2) is 42.5 Å². The van der Waals surface area contributed by atoms with Gasteiger partial charge in [-0.2, -0.15) is 0 Å². The van der Waals surface area contributed by atoms with Crippen LogP contribution < -0.4 is 5.73 Å². The van der Waals surface area contributed by atoms with Gasteiger partial charge in [0.25, 0.3) is 0 Å². The van der Waals surface area contributed by atoms with Crippen LogP contribution in [0.5, 0.6) is 0 Å². The minimum absolute atomic E-state index is 0. The Hall–Kier alpha value is -1.00. The highest BCUT2D eigenvalue weighted by Gasteiger charge is 1.97. The summed E-state index contributed by atoms with van der Waals surface area (Å²) in [5.74, 6) is 0.764. The average Bonchev–Trinajstić information content (AvgIpc) is 2.26. The highest BCUT2D eigenvalue weighted by Crippen LogP contribution is 2.18. The molecule has 2 rings (SSSR count). The van der Waals surface area contributed by atoms with Crippen molar-refractivity contribution in [2.75, 3.05) is 0 Å². The molecule has 2 nitrogen and oxygen atoms in total. The quantitative estimate of drug-likeness (QED) is 0.658. The van der Waals surface area contributed by atoms with E-state index in [2.05, 4.69) is 30.3 Å². The standard InChI is InChI=1S/C12H12N2S.BrH/c13-12(14)15-8-9-5-6-10-3-1-2-4-11(10)7-9;/h1-7H,8H2,(H3,13,14);1H. The predicted octanol–water partition coefficient (Wildman–Crippen LogP) is 3.54. The first-order valence-corrected chi connectivity index (χ1v) is 5.69. The Balaban J connectivity index is 0.00000128. The molecule has 0 radical (unpaired) electrons. The van der Waals surface area contributed by atoms with Gasteiger partial charge in [-0.05, 0) is 16.3 Å². The zero-order valence-corrected chi connectivity index (χ0v) is 11.2. The third kappa shape index (κ3) is 3.25. The minimum atomic E-state index is 0. The molecule has 0 spiro atoms. The summed E-state index contributed by atoms with van der Waals surface area (Å²) in [5.41, 5.74) is 6.50. The van der Waals surface area contributed by atoms with Crippen molar-refractivity contribution in [1.82, 2.24) is 0 Å². The Labute approximate surface area is 110 Å². The van der Waals surface area contributed by atoms with Gasteiger partial charge in [-0.15, -0.1) is 17.0 Å². The van der Waals surface area contributed by atoms with E-state index in [4.69, 9.17) is 11.1 Å². The van der Waals surface area contributed by atoms with E-state index in [9.17, 15) is 0 Å². The Morgan fingerprint density at radius 2 is 1.81 bits per heavy atom. The van der Waals surface area contributed by atoms with E-state index in [0.29, 0.717) is 0 Å². The molecule has 4 heteroatoms. The topological polar surface area (TPSA) is 49.9 Å². The second-order valence-corrected chi connectivity index (χ2v) is 4.35.